The van der Waals surface area contributed by atoms with E-state index in [1.807, 2.05) is 12.3 Å². The Morgan fingerprint density at radius 1 is 1.44 bits per heavy atom. The summed E-state index contributed by atoms with van der Waals surface area (Å²) in [5.74, 6) is 2.69. The predicted molar refractivity (Wildman–Crippen MR) is 95.2 cm³/mol. The molecule has 1 N–H and O–H groups in total. The van der Waals surface area contributed by atoms with Crippen molar-refractivity contribution in [1.29, 1.82) is 0 Å². The molecule has 2 aliphatic rings. The van der Waals surface area contributed by atoms with Crippen molar-refractivity contribution in [3.8, 4) is 0 Å². The van der Waals surface area contributed by atoms with Crippen LogP contribution in [0.1, 0.15) is 54.5 Å². The molecular weight excluding hydrogens is 336 g/mol. The van der Waals surface area contributed by atoms with Gasteiger partial charge in [-0.15, -0.1) is 21.5 Å². The maximum atomic E-state index is 11.8. The van der Waals surface area contributed by atoms with Crippen LogP contribution in [0, 0.1) is 6.92 Å². The van der Waals surface area contributed by atoms with Crippen LogP contribution in [-0.2, 0) is 23.9 Å². The van der Waals surface area contributed by atoms with Crippen molar-refractivity contribution in [3.63, 3.8) is 0 Å². The van der Waals surface area contributed by atoms with Crippen molar-refractivity contribution >= 4 is 17.2 Å². The van der Waals surface area contributed by atoms with Gasteiger partial charge < -0.3 is 9.88 Å². The minimum absolute atomic E-state index is 0.00983. The Kier molecular flexibility index (Phi) is 4.11. The topological polar surface area (TPSA) is 75.9 Å². The molecule has 1 aliphatic heterocycles. The highest BCUT2D eigenvalue weighted by molar-refractivity contribution is 7.09. The van der Waals surface area contributed by atoms with Crippen molar-refractivity contribution in [2.75, 3.05) is 13.1 Å². The molecular formula is C17H24N6OS. The smallest absolute Gasteiger partial charge is 0.217 e. The van der Waals surface area contributed by atoms with Gasteiger partial charge in [0.1, 0.15) is 22.2 Å². The maximum absolute atomic E-state index is 11.8. The molecule has 134 valence electrons. The average molecular weight is 360 g/mol. The van der Waals surface area contributed by atoms with Gasteiger partial charge in [-0.25, -0.2) is 4.98 Å². The number of thiazole rings is 1. The van der Waals surface area contributed by atoms with Gasteiger partial charge in [-0.2, -0.15) is 0 Å². The fourth-order valence-corrected chi connectivity index (χ4v) is 4.65. The Morgan fingerprint density at radius 2 is 2.24 bits per heavy atom. The van der Waals surface area contributed by atoms with Gasteiger partial charge in [0.15, 0.2) is 0 Å². The predicted octanol–water partition coefficient (Wildman–Crippen LogP) is 1.69. The zero-order valence-corrected chi connectivity index (χ0v) is 15.8. The molecule has 1 saturated carbocycles. The highest BCUT2D eigenvalue weighted by Crippen LogP contribution is 2.39. The molecule has 1 atom stereocenters. The summed E-state index contributed by atoms with van der Waals surface area (Å²) in [5.41, 5.74) is 0.619. The van der Waals surface area contributed by atoms with E-state index in [9.17, 15) is 4.79 Å². The van der Waals surface area contributed by atoms with Gasteiger partial charge in [-0.05, 0) is 26.2 Å². The molecule has 0 radical (unpaired) electrons. The molecule has 4 rings (SSSR count). The van der Waals surface area contributed by atoms with Crippen molar-refractivity contribution in [1.82, 2.24) is 30.0 Å². The molecule has 1 amide bonds. The van der Waals surface area contributed by atoms with Crippen LogP contribution < -0.4 is 5.32 Å². The van der Waals surface area contributed by atoms with Crippen LogP contribution in [0.15, 0.2) is 5.38 Å². The molecule has 1 aliphatic carbocycles. The van der Waals surface area contributed by atoms with Crippen LogP contribution in [0.3, 0.4) is 0 Å². The molecule has 7 nitrogen and oxygen atoms in total. The van der Waals surface area contributed by atoms with Crippen molar-refractivity contribution in [2.45, 2.75) is 51.1 Å². The van der Waals surface area contributed by atoms with Crippen LogP contribution in [0.25, 0.3) is 0 Å². The summed E-state index contributed by atoms with van der Waals surface area (Å²) in [7, 11) is 2.06. The van der Waals surface area contributed by atoms with Crippen LogP contribution in [0.5, 0.6) is 0 Å². The minimum Gasteiger partial charge on any atom is -0.343 e. The van der Waals surface area contributed by atoms with E-state index < -0.39 is 0 Å². The Hall–Kier alpha value is -1.80. The highest BCUT2D eigenvalue weighted by Gasteiger charge is 2.43. The Morgan fingerprint density at radius 3 is 2.88 bits per heavy atom. The van der Waals surface area contributed by atoms with Crippen molar-refractivity contribution in [2.24, 2.45) is 7.05 Å². The van der Waals surface area contributed by atoms with Crippen LogP contribution in [0.4, 0.5) is 0 Å². The van der Waals surface area contributed by atoms with E-state index in [2.05, 4.69) is 37.0 Å². The first-order chi connectivity index (χ1) is 12.0. The van der Waals surface area contributed by atoms with Crippen LogP contribution in [0.2, 0.25) is 0 Å². The number of hydrogen-bond acceptors (Lipinski definition) is 6. The third-order valence-electron chi connectivity index (χ3n) is 5.10. The molecule has 2 aromatic rings. The standard InChI is InChI=1S/C17H24N6OS/c1-11-9-25-16(18-11)17(19-12(2)24)6-7-23(10-17)8-14-20-21-15(22(14)3)13-4-5-13/h9,13H,4-8,10H2,1-3H3,(H,19,24). The van der Waals surface area contributed by atoms with Gasteiger partial charge in [0, 0.05) is 44.1 Å². The number of carbonyl (C=O) groups is 1. The molecule has 25 heavy (non-hydrogen) atoms. The van der Waals surface area contributed by atoms with Crippen LogP contribution >= 0.6 is 11.3 Å². The zero-order valence-electron chi connectivity index (χ0n) is 14.9. The number of rotatable bonds is 5. The van der Waals surface area contributed by atoms with E-state index in [0.717, 1.165) is 48.4 Å². The number of hydrogen-bond donors (Lipinski definition) is 1. The summed E-state index contributed by atoms with van der Waals surface area (Å²) in [5, 5.41) is 15.0. The molecule has 2 fully saturated rings. The minimum atomic E-state index is -0.386. The van der Waals surface area contributed by atoms with Gasteiger partial charge in [0.25, 0.3) is 0 Å². The summed E-state index contributed by atoms with van der Waals surface area (Å²) in [6.45, 7) is 5.99. The van der Waals surface area contributed by atoms with E-state index in [1.165, 1.54) is 12.8 Å². The number of nitrogens with zero attached hydrogens (tertiary/aromatic N) is 5. The Bertz CT molecular complexity index is 795. The largest absolute Gasteiger partial charge is 0.343 e. The molecule has 0 aromatic carbocycles. The van der Waals surface area contributed by atoms with Gasteiger partial charge in [0.05, 0.1) is 6.54 Å². The fourth-order valence-electron chi connectivity index (χ4n) is 3.67. The van der Waals surface area contributed by atoms with E-state index in [-0.39, 0.29) is 11.4 Å². The van der Waals surface area contributed by atoms with Crippen LogP contribution in [-0.4, -0.2) is 43.6 Å². The second kappa shape index (κ2) is 6.17. The average Bonchev–Trinajstić information content (AvgIpc) is 3.00. The van der Waals surface area contributed by atoms with E-state index in [1.54, 1.807) is 18.3 Å². The van der Waals surface area contributed by atoms with Gasteiger partial charge >= 0.3 is 0 Å². The van der Waals surface area contributed by atoms with E-state index in [4.69, 9.17) is 0 Å². The lowest BCUT2D eigenvalue weighted by Gasteiger charge is -2.28. The summed E-state index contributed by atoms with van der Waals surface area (Å²) in [4.78, 5) is 18.8. The van der Waals surface area contributed by atoms with Crippen molar-refractivity contribution < 1.29 is 4.79 Å². The summed E-state index contributed by atoms with van der Waals surface area (Å²) in [6, 6.07) is 0. The molecule has 0 spiro atoms. The van der Waals surface area contributed by atoms with Gasteiger partial charge in [0.2, 0.25) is 5.91 Å². The van der Waals surface area contributed by atoms with E-state index >= 15 is 0 Å². The van der Waals surface area contributed by atoms with E-state index in [0.29, 0.717) is 5.92 Å². The molecule has 1 unspecified atom stereocenters. The SMILES string of the molecule is CC(=O)NC1(c2nc(C)cs2)CCN(Cc2nnc(C3CC3)n2C)C1. The highest BCUT2D eigenvalue weighted by atomic mass is 32.1. The normalized spacial score (nSPS) is 24.0. The molecule has 3 heterocycles. The Balaban J connectivity index is 1.52. The first kappa shape index (κ1) is 16.7. The molecule has 2 aromatic heterocycles. The monoisotopic (exact) mass is 360 g/mol. The Labute approximate surface area is 151 Å². The first-order valence-electron chi connectivity index (χ1n) is 8.79. The maximum Gasteiger partial charge on any atom is 0.217 e. The molecule has 0 bridgehead atoms. The third-order valence-corrected chi connectivity index (χ3v) is 6.26. The third kappa shape index (κ3) is 3.20. The zero-order chi connectivity index (χ0) is 17.6. The second-order valence-electron chi connectivity index (χ2n) is 7.33. The first-order valence-corrected chi connectivity index (χ1v) is 9.67. The number of aryl methyl sites for hydroxylation is 1. The fraction of sp³-hybridized carbons (Fsp3) is 0.647. The summed E-state index contributed by atoms with van der Waals surface area (Å²) < 4.78 is 2.14. The molecule has 1 saturated heterocycles. The quantitative estimate of drug-likeness (QED) is 0.878. The lowest BCUT2D eigenvalue weighted by atomic mass is 9.99. The molecule has 8 heteroatoms. The lowest BCUT2D eigenvalue weighted by Crippen LogP contribution is -2.47. The van der Waals surface area contributed by atoms with Crippen molar-refractivity contribution in [3.05, 3.63) is 27.7 Å². The number of amides is 1. The number of likely N-dealkylation sites (tertiary alicyclic amines) is 1. The second-order valence-corrected chi connectivity index (χ2v) is 8.18. The van der Waals surface area contributed by atoms with Gasteiger partial charge in [-0.3, -0.25) is 9.69 Å². The van der Waals surface area contributed by atoms with Gasteiger partial charge in [-0.1, -0.05) is 0 Å². The number of nitrogens with one attached hydrogen (secondary N) is 1. The number of aromatic nitrogens is 4. The summed E-state index contributed by atoms with van der Waals surface area (Å²) >= 11 is 1.63. The lowest BCUT2D eigenvalue weighted by molar-refractivity contribution is -0.120. The summed E-state index contributed by atoms with van der Waals surface area (Å²) in [6.07, 6.45) is 3.32. The number of carbonyl (C=O) groups excluding carboxylic acids is 1.